The molecule has 2 heterocycles. The maximum Gasteiger partial charge on any atom is 0.0536 e. The molecule has 0 saturated carbocycles. The van der Waals surface area contributed by atoms with Crippen LogP contribution in [0.2, 0.25) is 0 Å². The SMILES string of the molecule is CC.CC.CC.CC(C)Cn1cccn1.CN(C)CCn1cccn1. The third-order valence-corrected chi connectivity index (χ3v) is 2.45. The van der Waals surface area contributed by atoms with Gasteiger partial charge >= 0.3 is 0 Å². The van der Waals surface area contributed by atoms with Crippen LogP contribution in [0.25, 0.3) is 0 Å². The summed E-state index contributed by atoms with van der Waals surface area (Å²) in [6, 6.07) is 3.89. The predicted molar refractivity (Wildman–Crippen MR) is 112 cm³/mol. The van der Waals surface area contributed by atoms with E-state index in [0.29, 0.717) is 5.92 Å². The molecule has 2 aromatic rings. The zero-order valence-corrected chi connectivity index (χ0v) is 18.4. The van der Waals surface area contributed by atoms with E-state index in [1.54, 1.807) is 6.20 Å². The number of likely N-dealkylation sites (N-methyl/N-ethyl adjacent to an activating group) is 1. The van der Waals surface area contributed by atoms with Gasteiger partial charge in [-0.05, 0) is 32.1 Å². The van der Waals surface area contributed by atoms with Crippen molar-refractivity contribution in [1.82, 2.24) is 24.5 Å². The molecule has 0 fully saturated rings. The van der Waals surface area contributed by atoms with Gasteiger partial charge < -0.3 is 4.90 Å². The van der Waals surface area contributed by atoms with Crippen molar-refractivity contribution in [2.75, 3.05) is 20.6 Å². The zero-order chi connectivity index (χ0) is 20.1. The van der Waals surface area contributed by atoms with E-state index in [1.807, 2.05) is 81.6 Å². The summed E-state index contributed by atoms with van der Waals surface area (Å²) < 4.78 is 3.88. The first-order valence-corrected chi connectivity index (χ1v) is 9.67. The predicted octanol–water partition coefficient (Wildman–Crippen LogP) is 5.06. The van der Waals surface area contributed by atoms with Gasteiger partial charge in [0.1, 0.15) is 0 Å². The maximum absolute atomic E-state index is 4.08. The molecule has 0 aromatic carbocycles. The maximum atomic E-state index is 4.08. The Labute approximate surface area is 157 Å². The standard InChI is InChI=1S/C7H13N3.C7H12N2.3C2H6/c1-9(2)6-7-10-5-3-4-8-10;1-7(2)6-9-5-3-4-8-9;3*1-2/h3-5H,6-7H2,1-2H3;3-5,7H,6H2,1-2H3;3*1-2H3. The lowest BCUT2D eigenvalue weighted by molar-refractivity contribution is 0.373. The van der Waals surface area contributed by atoms with Gasteiger partial charge in [0, 0.05) is 37.9 Å². The van der Waals surface area contributed by atoms with E-state index in [4.69, 9.17) is 0 Å². The van der Waals surface area contributed by atoms with Crippen LogP contribution in [0, 0.1) is 5.92 Å². The lowest BCUT2D eigenvalue weighted by atomic mass is 10.2. The van der Waals surface area contributed by atoms with Crippen molar-refractivity contribution in [2.45, 2.75) is 68.5 Å². The smallest absolute Gasteiger partial charge is 0.0536 e. The van der Waals surface area contributed by atoms with Gasteiger partial charge in [0.25, 0.3) is 0 Å². The summed E-state index contributed by atoms with van der Waals surface area (Å²) >= 11 is 0. The zero-order valence-electron chi connectivity index (χ0n) is 18.4. The summed E-state index contributed by atoms with van der Waals surface area (Å²) in [6.07, 6.45) is 7.57. The highest BCUT2D eigenvalue weighted by Gasteiger charge is 1.93. The minimum atomic E-state index is 0.685. The van der Waals surface area contributed by atoms with Crippen LogP contribution < -0.4 is 0 Å². The number of aromatic nitrogens is 4. The molecule has 25 heavy (non-hydrogen) atoms. The molecule has 5 heteroatoms. The Morgan fingerprint density at radius 1 is 0.800 bits per heavy atom. The van der Waals surface area contributed by atoms with E-state index in [9.17, 15) is 0 Å². The van der Waals surface area contributed by atoms with Crippen LogP contribution in [0.3, 0.4) is 0 Å². The molecule has 0 saturated heterocycles. The molecule has 0 spiro atoms. The Morgan fingerprint density at radius 2 is 1.24 bits per heavy atom. The second kappa shape index (κ2) is 22.4. The Morgan fingerprint density at radius 3 is 1.56 bits per heavy atom. The first-order chi connectivity index (χ1) is 12.1. The molecule has 0 aliphatic carbocycles. The molecule has 0 aliphatic rings. The highest BCUT2D eigenvalue weighted by Crippen LogP contribution is 1.95. The van der Waals surface area contributed by atoms with E-state index in [-0.39, 0.29) is 0 Å². The van der Waals surface area contributed by atoms with Crippen LogP contribution in [0.4, 0.5) is 0 Å². The molecular formula is C20H43N5. The summed E-state index contributed by atoms with van der Waals surface area (Å²) in [7, 11) is 4.12. The van der Waals surface area contributed by atoms with Crippen LogP contribution >= 0.6 is 0 Å². The highest BCUT2D eigenvalue weighted by molar-refractivity contribution is 4.78. The molecule has 0 N–H and O–H groups in total. The van der Waals surface area contributed by atoms with Gasteiger partial charge in [-0.3, -0.25) is 9.36 Å². The molecule has 0 amide bonds. The molecule has 0 aliphatic heterocycles. The van der Waals surface area contributed by atoms with E-state index in [1.165, 1.54) is 0 Å². The highest BCUT2D eigenvalue weighted by atomic mass is 15.3. The Kier molecular flexibility index (Phi) is 25.2. The molecule has 0 bridgehead atoms. The monoisotopic (exact) mass is 353 g/mol. The van der Waals surface area contributed by atoms with Crippen LogP contribution in [0.5, 0.6) is 0 Å². The Hall–Kier alpha value is -1.62. The average Bonchev–Trinajstić information content (AvgIpc) is 3.32. The Balaban J connectivity index is -0.000000299. The summed E-state index contributed by atoms with van der Waals surface area (Å²) in [5.74, 6) is 0.685. The van der Waals surface area contributed by atoms with Crippen molar-refractivity contribution in [3.05, 3.63) is 36.9 Å². The van der Waals surface area contributed by atoms with Gasteiger partial charge in [-0.25, -0.2) is 0 Å². The summed E-state index contributed by atoms with van der Waals surface area (Å²) in [5, 5.41) is 8.15. The van der Waals surface area contributed by atoms with E-state index < -0.39 is 0 Å². The lowest BCUT2D eigenvalue weighted by Gasteiger charge is -2.08. The van der Waals surface area contributed by atoms with E-state index in [2.05, 4.69) is 43.0 Å². The normalized spacial score (nSPS) is 8.80. The van der Waals surface area contributed by atoms with Crippen LogP contribution in [0.15, 0.2) is 36.9 Å². The second-order valence-corrected chi connectivity index (χ2v) is 5.19. The topological polar surface area (TPSA) is 38.9 Å². The fraction of sp³-hybridized carbons (Fsp3) is 0.700. The molecule has 5 nitrogen and oxygen atoms in total. The van der Waals surface area contributed by atoms with Gasteiger partial charge in [0.15, 0.2) is 0 Å². The van der Waals surface area contributed by atoms with Crippen molar-refractivity contribution >= 4 is 0 Å². The first kappa shape index (κ1) is 28.2. The van der Waals surface area contributed by atoms with Gasteiger partial charge in [-0.15, -0.1) is 0 Å². The van der Waals surface area contributed by atoms with Crippen molar-refractivity contribution < 1.29 is 0 Å². The minimum Gasteiger partial charge on any atom is -0.308 e. The third-order valence-electron chi connectivity index (χ3n) is 2.45. The van der Waals surface area contributed by atoms with E-state index >= 15 is 0 Å². The molecule has 2 aromatic heterocycles. The average molecular weight is 354 g/mol. The van der Waals surface area contributed by atoms with Crippen LogP contribution in [0.1, 0.15) is 55.4 Å². The molecule has 2 rings (SSSR count). The number of rotatable bonds is 5. The number of hydrogen-bond donors (Lipinski definition) is 0. The summed E-state index contributed by atoms with van der Waals surface area (Å²) in [4.78, 5) is 2.14. The molecule has 148 valence electrons. The van der Waals surface area contributed by atoms with Crippen LogP contribution in [-0.4, -0.2) is 45.1 Å². The van der Waals surface area contributed by atoms with E-state index in [0.717, 1.165) is 19.6 Å². The van der Waals surface area contributed by atoms with Gasteiger partial charge in [-0.2, -0.15) is 10.2 Å². The third kappa shape index (κ3) is 20.3. The van der Waals surface area contributed by atoms with Crippen molar-refractivity contribution in [3.8, 4) is 0 Å². The number of nitrogens with zero attached hydrogens (tertiary/aromatic N) is 5. The Bertz CT molecular complexity index is 405. The molecular weight excluding hydrogens is 310 g/mol. The lowest BCUT2D eigenvalue weighted by Crippen LogP contribution is -2.18. The molecule has 0 atom stereocenters. The second-order valence-electron chi connectivity index (χ2n) is 5.19. The fourth-order valence-electron chi connectivity index (χ4n) is 1.52. The largest absolute Gasteiger partial charge is 0.308 e. The minimum absolute atomic E-state index is 0.685. The van der Waals surface area contributed by atoms with Crippen molar-refractivity contribution in [2.24, 2.45) is 5.92 Å². The summed E-state index contributed by atoms with van der Waals surface area (Å²) in [6.45, 7) is 19.4. The van der Waals surface area contributed by atoms with Gasteiger partial charge in [-0.1, -0.05) is 55.4 Å². The van der Waals surface area contributed by atoms with Gasteiger partial charge in [0.2, 0.25) is 0 Å². The summed E-state index contributed by atoms with van der Waals surface area (Å²) in [5.41, 5.74) is 0. The van der Waals surface area contributed by atoms with Crippen LogP contribution in [-0.2, 0) is 13.1 Å². The fourth-order valence-corrected chi connectivity index (χ4v) is 1.52. The first-order valence-electron chi connectivity index (χ1n) is 9.67. The number of hydrogen-bond acceptors (Lipinski definition) is 3. The molecule has 0 unspecified atom stereocenters. The van der Waals surface area contributed by atoms with Crippen molar-refractivity contribution in [3.63, 3.8) is 0 Å². The molecule has 0 radical (unpaired) electrons. The van der Waals surface area contributed by atoms with Gasteiger partial charge in [0.05, 0.1) is 6.54 Å². The quantitative estimate of drug-likeness (QED) is 0.754. The van der Waals surface area contributed by atoms with Crippen molar-refractivity contribution in [1.29, 1.82) is 0 Å².